The van der Waals surface area contributed by atoms with E-state index in [-0.39, 0.29) is 30.0 Å². The molecule has 0 amide bonds. The molecule has 5 rings (SSSR count). The number of ether oxygens (including phenoxy) is 4. The molecule has 0 bridgehead atoms. The van der Waals surface area contributed by atoms with Crippen LogP contribution in [0.4, 0.5) is 4.39 Å². The summed E-state index contributed by atoms with van der Waals surface area (Å²) >= 11 is 0. The fraction of sp³-hybridized carbons (Fsp3) is 0.419. The Morgan fingerprint density at radius 1 is 0.923 bits per heavy atom. The Morgan fingerprint density at radius 3 is 2.26 bits per heavy atom. The first-order valence-electron chi connectivity index (χ1n) is 13.4. The van der Waals surface area contributed by atoms with Crippen LogP contribution in [0, 0.1) is 5.82 Å². The van der Waals surface area contributed by atoms with Crippen LogP contribution in [0.25, 0.3) is 0 Å². The van der Waals surface area contributed by atoms with Crippen LogP contribution in [-0.2, 0) is 14.3 Å². The molecule has 206 valence electrons. The van der Waals surface area contributed by atoms with E-state index in [1.807, 2.05) is 13.0 Å². The van der Waals surface area contributed by atoms with Gasteiger partial charge in [0.1, 0.15) is 11.9 Å². The highest BCUT2D eigenvalue weighted by molar-refractivity contribution is 6.04. The second kappa shape index (κ2) is 11.1. The number of hydrogen-bond acceptors (Lipinski definition) is 7. The lowest BCUT2D eigenvalue weighted by atomic mass is 9.71. The molecule has 0 aromatic heterocycles. The molecule has 1 saturated carbocycles. The predicted molar refractivity (Wildman–Crippen MR) is 143 cm³/mol. The second-order valence-electron chi connectivity index (χ2n) is 10.3. The molecular weight excluding hydrogens is 501 g/mol. The lowest BCUT2D eigenvalue weighted by Crippen LogP contribution is -2.36. The van der Waals surface area contributed by atoms with Crippen molar-refractivity contribution in [1.82, 2.24) is 5.32 Å². The van der Waals surface area contributed by atoms with Gasteiger partial charge in [0.25, 0.3) is 0 Å². The van der Waals surface area contributed by atoms with Gasteiger partial charge < -0.3 is 24.3 Å². The molecule has 2 aromatic rings. The van der Waals surface area contributed by atoms with Crippen LogP contribution in [0.5, 0.6) is 17.2 Å². The van der Waals surface area contributed by atoms with Gasteiger partial charge in [-0.3, -0.25) is 4.79 Å². The molecule has 3 aliphatic rings. The molecule has 0 unspecified atom stereocenters. The quantitative estimate of drug-likeness (QED) is 0.456. The monoisotopic (exact) mass is 535 g/mol. The maximum atomic E-state index is 13.9. The summed E-state index contributed by atoms with van der Waals surface area (Å²) in [5.41, 5.74) is 3.80. The Bertz CT molecular complexity index is 1340. The zero-order valence-electron chi connectivity index (χ0n) is 22.8. The van der Waals surface area contributed by atoms with Gasteiger partial charge in [-0.15, -0.1) is 0 Å². The summed E-state index contributed by atoms with van der Waals surface area (Å²) in [5, 5.41) is 3.37. The van der Waals surface area contributed by atoms with Gasteiger partial charge in [-0.25, -0.2) is 9.18 Å². The Kier molecular flexibility index (Phi) is 7.64. The summed E-state index contributed by atoms with van der Waals surface area (Å²) in [4.78, 5) is 27.7. The van der Waals surface area contributed by atoms with Gasteiger partial charge in [0.2, 0.25) is 5.75 Å². The van der Waals surface area contributed by atoms with E-state index < -0.39 is 11.9 Å². The van der Waals surface area contributed by atoms with Crippen LogP contribution in [0.3, 0.4) is 0 Å². The molecule has 1 aliphatic heterocycles. The van der Waals surface area contributed by atoms with Crippen molar-refractivity contribution in [3.05, 3.63) is 75.9 Å². The van der Waals surface area contributed by atoms with E-state index >= 15 is 0 Å². The Morgan fingerprint density at radius 2 is 1.62 bits per heavy atom. The number of benzene rings is 2. The Hall–Kier alpha value is -3.81. The minimum Gasteiger partial charge on any atom is -0.493 e. The van der Waals surface area contributed by atoms with E-state index in [4.69, 9.17) is 18.9 Å². The van der Waals surface area contributed by atoms with Crippen molar-refractivity contribution >= 4 is 11.8 Å². The lowest BCUT2D eigenvalue weighted by molar-refractivity contribution is -0.144. The Labute approximate surface area is 228 Å². The zero-order valence-corrected chi connectivity index (χ0v) is 22.8. The first-order valence-corrected chi connectivity index (χ1v) is 13.4. The Balaban J connectivity index is 1.63. The van der Waals surface area contributed by atoms with Crippen LogP contribution >= 0.6 is 0 Å². The molecule has 1 fully saturated rings. The van der Waals surface area contributed by atoms with Crippen molar-refractivity contribution in [3.63, 3.8) is 0 Å². The fourth-order valence-corrected chi connectivity index (χ4v) is 6.16. The lowest BCUT2D eigenvalue weighted by Gasteiger charge is -2.37. The van der Waals surface area contributed by atoms with Gasteiger partial charge in [0.05, 0.1) is 32.8 Å². The predicted octanol–water partition coefficient (Wildman–Crippen LogP) is 5.70. The van der Waals surface area contributed by atoms with Crippen molar-refractivity contribution in [2.45, 2.75) is 63.4 Å². The molecule has 1 heterocycles. The maximum Gasteiger partial charge on any atom is 0.337 e. The summed E-state index contributed by atoms with van der Waals surface area (Å²) in [6.07, 6.45) is 4.37. The van der Waals surface area contributed by atoms with E-state index in [2.05, 4.69) is 5.32 Å². The van der Waals surface area contributed by atoms with Gasteiger partial charge in [0.15, 0.2) is 17.3 Å². The number of nitrogens with one attached hydrogen (secondary N) is 1. The molecule has 0 radical (unpaired) electrons. The highest BCUT2D eigenvalue weighted by atomic mass is 19.1. The zero-order chi connectivity index (χ0) is 27.7. The highest BCUT2D eigenvalue weighted by Crippen LogP contribution is 2.51. The van der Waals surface area contributed by atoms with Crippen LogP contribution in [-0.4, -0.2) is 39.2 Å². The minimum atomic E-state index is -0.716. The van der Waals surface area contributed by atoms with E-state index in [1.54, 1.807) is 18.2 Å². The standard InChI is InChI=1S/C31H34FNO6/c1-17-26(31(35)39-21-7-5-6-8-21)27(22-13-14-25(36-2)30(38-4)29(22)37-3)28-23(33-17)15-19(16-24(28)34)18-9-11-20(32)12-10-18/h9-14,19,21,27,33H,5-8,15-16H2,1-4H3/t19-,27-/m0/s1. The number of dihydropyridines is 1. The van der Waals surface area contributed by atoms with Crippen molar-refractivity contribution in [3.8, 4) is 17.2 Å². The molecule has 2 aliphatic carbocycles. The summed E-state index contributed by atoms with van der Waals surface area (Å²) in [7, 11) is 4.58. The van der Waals surface area contributed by atoms with Crippen molar-refractivity contribution in [2.75, 3.05) is 21.3 Å². The maximum absolute atomic E-state index is 13.9. The average Bonchev–Trinajstić information content (AvgIpc) is 3.44. The third-order valence-electron chi connectivity index (χ3n) is 8.01. The number of hydrogen-bond donors (Lipinski definition) is 1. The first kappa shape index (κ1) is 26.8. The number of esters is 1. The molecule has 8 heteroatoms. The molecular formula is C31H34FNO6. The van der Waals surface area contributed by atoms with Crippen LogP contribution in [0.1, 0.15) is 68.4 Å². The van der Waals surface area contributed by atoms with E-state index in [0.717, 1.165) is 36.9 Å². The van der Waals surface area contributed by atoms with E-state index in [9.17, 15) is 14.0 Å². The minimum absolute atomic E-state index is 0.0846. The van der Waals surface area contributed by atoms with Crippen LogP contribution in [0.15, 0.2) is 58.9 Å². The summed E-state index contributed by atoms with van der Waals surface area (Å²) in [6.45, 7) is 1.83. The van der Waals surface area contributed by atoms with Gasteiger partial charge >= 0.3 is 5.97 Å². The van der Waals surface area contributed by atoms with Crippen LogP contribution < -0.4 is 19.5 Å². The summed E-state index contributed by atoms with van der Waals surface area (Å²) in [5.74, 6) is -0.421. The number of Topliss-reactive ketones (excluding diaryl/α,β-unsaturated/α-hetero) is 1. The number of carbonyl (C=O) groups excluding carboxylic acids is 2. The number of carbonyl (C=O) groups is 2. The number of methoxy groups -OCH3 is 3. The molecule has 1 N–H and O–H groups in total. The fourth-order valence-electron chi connectivity index (χ4n) is 6.16. The SMILES string of the molecule is COc1ccc([C@H]2C(C(=O)OC3CCCC3)=C(C)NC3=C2C(=O)C[C@@H](c2ccc(F)cc2)C3)c(OC)c1OC. The third kappa shape index (κ3) is 5.00. The number of rotatable bonds is 7. The van der Waals surface area contributed by atoms with Gasteiger partial charge in [-0.2, -0.15) is 0 Å². The van der Waals surface area contributed by atoms with Gasteiger partial charge in [0, 0.05) is 29.0 Å². The third-order valence-corrected chi connectivity index (χ3v) is 8.01. The molecule has 7 nitrogen and oxygen atoms in total. The van der Waals surface area contributed by atoms with Crippen molar-refractivity contribution in [1.29, 1.82) is 0 Å². The highest BCUT2D eigenvalue weighted by Gasteiger charge is 2.43. The topological polar surface area (TPSA) is 83.1 Å². The molecule has 2 atom stereocenters. The summed E-state index contributed by atoms with van der Waals surface area (Å²) < 4.78 is 36.5. The number of ketones is 1. The smallest absolute Gasteiger partial charge is 0.337 e. The van der Waals surface area contributed by atoms with Crippen molar-refractivity contribution in [2.24, 2.45) is 0 Å². The van der Waals surface area contributed by atoms with Crippen molar-refractivity contribution < 1.29 is 32.9 Å². The molecule has 2 aromatic carbocycles. The van der Waals surface area contributed by atoms with E-state index in [0.29, 0.717) is 46.1 Å². The number of halogens is 1. The van der Waals surface area contributed by atoms with E-state index in [1.165, 1.54) is 33.5 Å². The molecule has 39 heavy (non-hydrogen) atoms. The second-order valence-corrected chi connectivity index (χ2v) is 10.3. The molecule has 0 saturated heterocycles. The van der Waals surface area contributed by atoms with Gasteiger partial charge in [-0.1, -0.05) is 18.2 Å². The normalized spacial score (nSPS) is 21.4. The molecule has 0 spiro atoms. The number of allylic oxidation sites excluding steroid dienone is 3. The summed E-state index contributed by atoms with van der Waals surface area (Å²) in [6, 6.07) is 9.85. The van der Waals surface area contributed by atoms with Gasteiger partial charge in [-0.05, 0) is 68.7 Å². The largest absolute Gasteiger partial charge is 0.493 e. The first-order chi connectivity index (χ1) is 18.9. The average molecular weight is 536 g/mol. The van der Waals surface area contributed by atoms with Crippen LogP contribution in [0.2, 0.25) is 0 Å².